The lowest BCUT2D eigenvalue weighted by molar-refractivity contribution is -0.122. The van der Waals surface area contributed by atoms with Gasteiger partial charge in [0.25, 0.3) is 0 Å². The molecule has 0 radical (unpaired) electrons. The molecule has 0 saturated heterocycles. The van der Waals surface area contributed by atoms with E-state index in [0.29, 0.717) is 6.54 Å². The molecule has 0 spiro atoms. The van der Waals surface area contributed by atoms with Crippen molar-refractivity contribution in [3.63, 3.8) is 0 Å². The maximum atomic E-state index is 11.7. The number of carbonyl (C=O) groups excluding carboxylic acids is 1. The molecule has 0 saturated carbocycles. The molecule has 0 fully saturated rings. The van der Waals surface area contributed by atoms with Crippen LogP contribution < -0.4 is 27.4 Å². The molecule has 0 unspecified atom stereocenters. The minimum absolute atomic E-state index is 0.0167. The van der Waals surface area contributed by atoms with Crippen molar-refractivity contribution >= 4 is 5.91 Å². The van der Waals surface area contributed by atoms with Crippen molar-refractivity contribution in [2.24, 2.45) is 11.5 Å². The second-order valence-corrected chi connectivity index (χ2v) is 5.74. The van der Waals surface area contributed by atoms with Crippen molar-refractivity contribution in [1.29, 1.82) is 0 Å². The fourth-order valence-electron chi connectivity index (χ4n) is 2.09. The summed E-state index contributed by atoms with van der Waals surface area (Å²) in [6.07, 6.45) is 7.21. The summed E-state index contributed by atoms with van der Waals surface area (Å²) in [6.45, 7) is 7.61. The largest absolute Gasteiger partial charge is 0.355 e. The molecule has 0 heterocycles. The van der Waals surface area contributed by atoms with Gasteiger partial charge >= 0.3 is 0 Å². The summed E-state index contributed by atoms with van der Waals surface area (Å²) in [4.78, 5) is 11.7. The van der Waals surface area contributed by atoms with Gasteiger partial charge < -0.3 is 27.4 Å². The second-order valence-electron chi connectivity index (χ2n) is 5.74. The van der Waals surface area contributed by atoms with Gasteiger partial charge in [-0.2, -0.15) is 0 Å². The molecule has 0 rings (SSSR count). The van der Waals surface area contributed by atoms with Crippen LogP contribution in [-0.2, 0) is 4.79 Å². The van der Waals surface area contributed by atoms with Crippen molar-refractivity contribution in [3.8, 4) is 0 Å². The monoisotopic (exact) mass is 315 g/mol. The van der Waals surface area contributed by atoms with Crippen LogP contribution in [0.15, 0.2) is 0 Å². The highest BCUT2D eigenvalue weighted by atomic mass is 16.2. The Morgan fingerprint density at radius 2 is 1.50 bits per heavy atom. The molecule has 1 amide bonds. The van der Waals surface area contributed by atoms with Crippen LogP contribution in [0.3, 0.4) is 0 Å². The Morgan fingerprint density at radius 1 is 0.909 bits per heavy atom. The Balaban J connectivity index is 3.21. The average Bonchev–Trinajstić information content (AvgIpc) is 2.53. The van der Waals surface area contributed by atoms with Gasteiger partial charge in [-0.1, -0.05) is 19.8 Å². The molecule has 0 aliphatic carbocycles. The highest BCUT2D eigenvalue weighted by Gasteiger charge is 2.11. The van der Waals surface area contributed by atoms with Crippen molar-refractivity contribution in [2.45, 2.75) is 57.9 Å². The molecule has 6 nitrogen and oxygen atoms in total. The lowest BCUT2D eigenvalue weighted by Gasteiger charge is -2.11. The van der Waals surface area contributed by atoms with E-state index < -0.39 is 0 Å². The molecule has 0 aliphatic heterocycles. The summed E-state index contributed by atoms with van der Waals surface area (Å²) < 4.78 is 0. The fourth-order valence-corrected chi connectivity index (χ4v) is 2.09. The zero-order valence-corrected chi connectivity index (χ0v) is 14.3. The van der Waals surface area contributed by atoms with E-state index in [2.05, 4.69) is 22.9 Å². The first-order chi connectivity index (χ1) is 10.7. The van der Waals surface area contributed by atoms with Crippen molar-refractivity contribution in [3.05, 3.63) is 0 Å². The number of unbranched alkanes of at least 4 members (excludes halogenated alkanes) is 2. The lowest BCUT2D eigenvalue weighted by atomic mass is 10.1. The van der Waals surface area contributed by atoms with E-state index >= 15 is 0 Å². The summed E-state index contributed by atoms with van der Waals surface area (Å²) in [5.41, 5.74) is 11.2. The number of nitrogens with two attached hydrogens (primary N) is 2. The number of amides is 1. The summed E-state index contributed by atoms with van der Waals surface area (Å²) in [5, 5.41) is 9.66. The predicted molar refractivity (Wildman–Crippen MR) is 93.8 cm³/mol. The summed E-state index contributed by atoms with van der Waals surface area (Å²) in [6, 6.07) is -0.348. The molecule has 6 heteroatoms. The topological polar surface area (TPSA) is 105 Å². The van der Waals surface area contributed by atoms with Crippen LogP contribution in [0.25, 0.3) is 0 Å². The van der Waals surface area contributed by atoms with E-state index in [1.807, 2.05) is 0 Å². The van der Waals surface area contributed by atoms with Crippen LogP contribution in [0, 0.1) is 0 Å². The van der Waals surface area contributed by atoms with Crippen molar-refractivity contribution in [1.82, 2.24) is 16.0 Å². The van der Waals surface area contributed by atoms with Gasteiger partial charge in [-0.25, -0.2) is 0 Å². The highest BCUT2D eigenvalue weighted by Crippen LogP contribution is 1.97. The van der Waals surface area contributed by atoms with E-state index in [0.717, 1.165) is 64.8 Å². The molecule has 132 valence electrons. The number of nitrogens with one attached hydrogen (secondary N) is 3. The van der Waals surface area contributed by atoms with Gasteiger partial charge in [0.15, 0.2) is 0 Å². The Bertz CT molecular complexity index is 251. The van der Waals surface area contributed by atoms with Gasteiger partial charge in [0.05, 0.1) is 6.04 Å². The minimum atomic E-state index is -0.348. The van der Waals surface area contributed by atoms with Gasteiger partial charge in [0, 0.05) is 6.54 Å². The molecule has 0 aliphatic rings. The van der Waals surface area contributed by atoms with Crippen molar-refractivity contribution in [2.75, 3.05) is 39.3 Å². The molecule has 22 heavy (non-hydrogen) atoms. The molecule has 0 aromatic heterocycles. The third-order valence-corrected chi connectivity index (χ3v) is 3.55. The molecular weight excluding hydrogens is 278 g/mol. The van der Waals surface area contributed by atoms with Crippen LogP contribution in [0.5, 0.6) is 0 Å². The van der Waals surface area contributed by atoms with E-state index in [4.69, 9.17) is 11.5 Å². The van der Waals surface area contributed by atoms with Crippen LogP contribution in [0.1, 0.15) is 51.9 Å². The molecule has 0 bridgehead atoms. The molecule has 1 atom stereocenters. The quantitative estimate of drug-likeness (QED) is 0.264. The van der Waals surface area contributed by atoms with Gasteiger partial charge in [-0.3, -0.25) is 4.79 Å². The maximum Gasteiger partial charge on any atom is 0.236 e. The van der Waals surface area contributed by atoms with E-state index in [9.17, 15) is 4.79 Å². The Kier molecular flexibility index (Phi) is 16.2. The third-order valence-electron chi connectivity index (χ3n) is 3.55. The van der Waals surface area contributed by atoms with E-state index in [-0.39, 0.29) is 11.9 Å². The fraction of sp³-hybridized carbons (Fsp3) is 0.938. The zero-order valence-electron chi connectivity index (χ0n) is 14.3. The van der Waals surface area contributed by atoms with Gasteiger partial charge in [-0.05, 0) is 64.8 Å². The number of carbonyl (C=O) groups is 1. The SMILES string of the molecule is CCCC[C@H](N)C(=O)NCCCNCCCCNCCCN. The van der Waals surface area contributed by atoms with Crippen LogP contribution >= 0.6 is 0 Å². The van der Waals surface area contributed by atoms with Crippen LogP contribution in [0.2, 0.25) is 0 Å². The Labute approximate surface area is 136 Å². The van der Waals surface area contributed by atoms with Crippen LogP contribution in [0.4, 0.5) is 0 Å². The van der Waals surface area contributed by atoms with Gasteiger partial charge in [-0.15, -0.1) is 0 Å². The van der Waals surface area contributed by atoms with E-state index in [1.54, 1.807) is 0 Å². The van der Waals surface area contributed by atoms with Crippen molar-refractivity contribution < 1.29 is 4.79 Å². The number of hydrogen-bond donors (Lipinski definition) is 5. The maximum absolute atomic E-state index is 11.7. The first-order valence-electron chi connectivity index (χ1n) is 8.87. The molecule has 0 aromatic rings. The normalized spacial score (nSPS) is 12.3. The highest BCUT2D eigenvalue weighted by molar-refractivity contribution is 5.81. The molecular formula is C16H37N5O. The first-order valence-corrected chi connectivity index (χ1v) is 8.87. The molecule has 7 N–H and O–H groups in total. The second kappa shape index (κ2) is 16.7. The first kappa shape index (κ1) is 21.3. The summed E-state index contributed by atoms with van der Waals surface area (Å²) >= 11 is 0. The Hall–Kier alpha value is -0.690. The van der Waals surface area contributed by atoms with Crippen LogP contribution in [-0.4, -0.2) is 51.2 Å². The predicted octanol–water partition coefficient (Wildman–Crippen LogP) is 0.318. The number of rotatable bonds is 16. The summed E-state index contributed by atoms with van der Waals surface area (Å²) in [7, 11) is 0. The zero-order chi connectivity index (χ0) is 16.5. The van der Waals surface area contributed by atoms with Gasteiger partial charge in [0.2, 0.25) is 5.91 Å². The Morgan fingerprint density at radius 3 is 2.09 bits per heavy atom. The smallest absolute Gasteiger partial charge is 0.236 e. The lowest BCUT2D eigenvalue weighted by Crippen LogP contribution is -2.41. The minimum Gasteiger partial charge on any atom is -0.355 e. The third kappa shape index (κ3) is 14.3. The molecule has 0 aromatic carbocycles. The van der Waals surface area contributed by atoms with E-state index in [1.165, 1.54) is 12.8 Å². The standard InChI is InChI=1S/C16H37N5O/c1-2-3-8-15(18)16(22)21-14-7-13-20-11-5-4-10-19-12-6-9-17/h15,19-20H,2-14,17-18H2,1H3,(H,21,22)/t15-/m0/s1. The number of hydrogen-bond acceptors (Lipinski definition) is 5. The summed E-state index contributed by atoms with van der Waals surface area (Å²) in [5.74, 6) is -0.0167. The van der Waals surface area contributed by atoms with Gasteiger partial charge in [0.1, 0.15) is 0 Å². The average molecular weight is 316 g/mol.